The van der Waals surface area contributed by atoms with E-state index >= 15 is 0 Å². The Labute approximate surface area is 151 Å². The first-order valence-corrected chi connectivity index (χ1v) is 7.79. The van der Waals surface area contributed by atoms with Crippen molar-refractivity contribution in [3.63, 3.8) is 0 Å². The molecule has 142 valence electrons. The number of hydrogen-bond donors (Lipinski definition) is 1. The molecule has 0 aliphatic carbocycles. The van der Waals surface area contributed by atoms with Crippen LogP contribution in [0.1, 0.15) is 12.5 Å². The van der Waals surface area contributed by atoms with Crippen LogP contribution in [0.3, 0.4) is 0 Å². The molecule has 2 rings (SSSR count). The average Bonchev–Trinajstić information content (AvgIpc) is 2.57. The van der Waals surface area contributed by atoms with E-state index in [1.807, 2.05) is 0 Å². The highest BCUT2D eigenvalue weighted by Crippen LogP contribution is 2.30. The predicted octanol–water partition coefficient (Wildman–Crippen LogP) is 2.06. The summed E-state index contributed by atoms with van der Waals surface area (Å²) in [6.07, 6.45) is -0.503. The third kappa shape index (κ3) is 6.30. The summed E-state index contributed by atoms with van der Waals surface area (Å²) < 4.78 is 40.0. The molecule has 1 aromatic carbocycles. The molecular formula is C16H23ClF2N2O4. The minimum Gasteiger partial charge on any atom is -0.490 e. The Morgan fingerprint density at radius 1 is 1.44 bits per heavy atom. The van der Waals surface area contributed by atoms with Crippen LogP contribution in [0.4, 0.5) is 8.78 Å². The smallest absolute Gasteiger partial charge is 0.387 e. The number of likely N-dealkylation sites (N-methyl/N-ethyl adjacent to an activating group) is 1. The first kappa shape index (κ1) is 21.4. The van der Waals surface area contributed by atoms with Gasteiger partial charge in [0.2, 0.25) is 0 Å². The summed E-state index contributed by atoms with van der Waals surface area (Å²) in [5.41, 5.74) is 0.750. The van der Waals surface area contributed by atoms with E-state index in [0.717, 1.165) is 12.1 Å². The Balaban J connectivity index is 0.00000312. The molecule has 1 fully saturated rings. The van der Waals surface area contributed by atoms with Crippen molar-refractivity contribution in [1.29, 1.82) is 0 Å². The zero-order chi connectivity index (χ0) is 17.5. The summed E-state index contributed by atoms with van der Waals surface area (Å²) >= 11 is 0. The van der Waals surface area contributed by atoms with E-state index in [-0.39, 0.29) is 29.8 Å². The normalized spacial score (nSPS) is 16.9. The molecule has 0 spiro atoms. The number of alkyl halides is 2. The molecule has 6 nitrogen and oxygen atoms in total. The van der Waals surface area contributed by atoms with E-state index in [9.17, 15) is 13.6 Å². The maximum absolute atomic E-state index is 12.4. The van der Waals surface area contributed by atoms with Gasteiger partial charge in [0.05, 0.1) is 13.2 Å². The number of ether oxygens (including phenoxy) is 3. The molecule has 0 bridgehead atoms. The van der Waals surface area contributed by atoms with Crippen molar-refractivity contribution in [2.45, 2.75) is 26.2 Å². The number of carbonyl (C=O) groups excluding carboxylic acids is 1. The Hall–Kier alpha value is -1.64. The standard InChI is InChI=1S/C16H22F2N2O4.ClH/c1-3-22-13-8-11(4-5-12(13)24-16(17)18)10-20(2)15(21)14-9-19-6-7-23-14;/h4-5,8,14,16,19H,3,6-7,9-10H2,1-2H3;1H. The van der Waals surface area contributed by atoms with Gasteiger partial charge < -0.3 is 24.4 Å². The molecule has 0 aromatic heterocycles. The second-order valence-corrected chi connectivity index (χ2v) is 5.35. The van der Waals surface area contributed by atoms with Gasteiger partial charge in [-0.1, -0.05) is 6.07 Å². The van der Waals surface area contributed by atoms with Crippen LogP contribution in [0.5, 0.6) is 11.5 Å². The topological polar surface area (TPSA) is 60.0 Å². The van der Waals surface area contributed by atoms with Gasteiger partial charge in [-0.15, -0.1) is 12.4 Å². The minimum absolute atomic E-state index is 0. The van der Waals surface area contributed by atoms with Crippen molar-refractivity contribution in [3.05, 3.63) is 23.8 Å². The van der Waals surface area contributed by atoms with E-state index in [2.05, 4.69) is 10.1 Å². The number of halogens is 3. The molecule has 1 aliphatic rings. The van der Waals surface area contributed by atoms with E-state index in [1.165, 1.54) is 11.0 Å². The van der Waals surface area contributed by atoms with Gasteiger partial charge in [0.1, 0.15) is 6.10 Å². The van der Waals surface area contributed by atoms with Crippen molar-refractivity contribution < 1.29 is 27.8 Å². The molecule has 1 atom stereocenters. The summed E-state index contributed by atoms with van der Waals surface area (Å²) in [7, 11) is 1.67. The van der Waals surface area contributed by atoms with Gasteiger partial charge in [0.15, 0.2) is 11.5 Å². The third-order valence-corrected chi connectivity index (χ3v) is 3.52. The first-order chi connectivity index (χ1) is 11.5. The second-order valence-electron chi connectivity index (χ2n) is 5.35. The fourth-order valence-corrected chi connectivity index (χ4v) is 2.43. The Morgan fingerprint density at radius 3 is 2.80 bits per heavy atom. The first-order valence-electron chi connectivity index (χ1n) is 7.79. The van der Waals surface area contributed by atoms with Gasteiger partial charge in [-0.25, -0.2) is 0 Å². The van der Waals surface area contributed by atoms with Crippen LogP contribution < -0.4 is 14.8 Å². The summed E-state index contributed by atoms with van der Waals surface area (Å²) in [4.78, 5) is 13.9. The van der Waals surface area contributed by atoms with Gasteiger partial charge in [-0.2, -0.15) is 8.78 Å². The number of morpholine rings is 1. The SMILES string of the molecule is CCOc1cc(CN(C)C(=O)C2CNCCO2)ccc1OC(F)F.Cl. The van der Waals surface area contributed by atoms with Crippen LogP contribution in [0, 0.1) is 0 Å². The molecular weight excluding hydrogens is 358 g/mol. The lowest BCUT2D eigenvalue weighted by Crippen LogP contribution is -2.48. The number of carbonyl (C=O) groups is 1. The van der Waals surface area contributed by atoms with Crippen LogP contribution in [-0.4, -0.2) is 56.9 Å². The molecule has 9 heteroatoms. The monoisotopic (exact) mass is 380 g/mol. The highest BCUT2D eigenvalue weighted by atomic mass is 35.5. The van der Waals surface area contributed by atoms with Gasteiger partial charge in [0, 0.05) is 26.7 Å². The summed E-state index contributed by atoms with van der Waals surface area (Å²) in [6.45, 7) is 1.17. The summed E-state index contributed by atoms with van der Waals surface area (Å²) in [6, 6.07) is 4.65. The highest BCUT2D eigenvalue weighted by molar-refractivity contribution is 5.85. The average molecular weight is 381 g/mol. The fourth-order valence-electron chi connectivity index (χ4n) is 2.43. The molecule has 1 amide bonds. The summed E-state index contributed by atoms with van der Waals surface area (Å²) in [5, 5.41) is 3.11. The number of hydrogen-bond acceptors (Lipinski definition) is 5. The van der Waals surface area contributed by atoms with E-state index in [0.29, 0.717) is 26.3 Å². The molecule has 1 unspecified atom stereocenters. The molecule has 0 saturated carbocycles. The van der Waals surface area contributed by atoms with Gasteiger partial charge >= 0.3 is 6.61 Å². The lowest BCUT2D eigenvalue weighted by molar-refractivity contribution is -0.144. The molecule has 1 aromatic rings. The molecule has 1 aliphatic heterocycles. The van der Waals surface area contributed by atoms with Gasteiger partial charge in [-0.05, 0) is 24.6 Å². The molecule has 1 heterocycles. The molecule has 1 N–H and O–H groups in total. The quantitative estimate of drug-likeness (QED) is 0.784. The maximum atomic E-state index is 12.4. The number of amides is 1. The van der Waals surface area contributed by atoms with Crippen molar-refractivity contribution in [2.75, 3.05) is 33.4 Å². The van der Waals surface area contributed by atoms with Crippen LogP contribution >= 0.6 is 12.4 Å². The van der Waals surface area contributed by atoms with E-state index < -0.39 is 12.7 Å². The fraction of sp³-hybridized carbons (Fsp3) is 0.562. The second kappa shape index (κ2) is 10.4. The summed E-state index contributed by atoms with van der Waals surface area (Å²) in [5.74, 6) is 0.0733. The molecule has 1 saturated heterocycles. The van der Waals surface area contributed by atoms with Crippen molar-refractivity contribution in [1.82, 2.24) is 10.2 Å². The Kier molecular flexibility index (Phi) is 8.88. The molecule has 0 radical (unpaired) electrons. The van der Waals surface area contributed by atoms with E-state index in [1.54, 1.807) is 26.1 Å². The maximum Gasteiger partial charge on any atom is 0.387 e. The Bertz CT molecular complexity index is 557. The lowest BCUT2D eigenvalue weighted by atomic mass is 10.1. The Morgan fingerprint density at radius 2 is 2.20 bits per heavy atom. The van der Waals surface area contributed by atoms with Crippen LogP contribution in [0.2, 0.25) is 0 Å². The number of nitrogens with one attached hydrogen (secondary N) is 1. The zero-order valence-electron chi connectivity index (χ0n) is 14.2. The molecule has 25 heavy (non-hydrogen) atoms. The minimum atomic E-state index is -2.92. The lowest BCUT2D eigenvalue weighted by Gasteiger charge is -2.27. The number of nitrogens with zero attached hydrogens (tertiary/aromatic N) is 1. The predicted molar refractivity (Wildman–Crippen MR) is 90.6 cm³/mol. The van der Waals surface area contributed by atoms with Crippen molar-refractivity contribution >= 4 is 18.3 Å². The largest absolute Gasteiger partial charge is 0.490 e. The van der Waals surface area contributed by atoms with Gasteiger partial charge in [0.25, 0.3) is 5.91 Å². The number of benzene rings is 1. The van der Waals surface area contributed by atoms with Gasteiger partial charge in [-0.3, -0.25) is 4.79 Å². The zero-order valence-corrected chi connectivity index (χ0v) is 15.0. The van der Waals surface area contributed by atoms with Crippen molar-refractivity contribution in [2.24, 2.45) is 0 Å². The van der Waals surface area contributed by atoms with Crippen LogP contribution in [0.15, 0.2) is 18.2 Å². The van der Waals surface area contributed by atoms with E-state index in [4.69, 9.17) is 9.47 Å². The highest BCUT2D eigenvalue weighted by Gasteiger charge is 2.25. The van der Waals surface area contributed by atoms with Crippen LogP contribution in [0.25, 0.3) is 0 Å². The van der Waals surface area contributed by atoms with Crippen molar-refractivity contribution in [3.8, 4) is 11.5 Å². The third-order valence-electron chi connectivity index (χ3n) is 3.52. The number of rotatable bonds is 7. The van der Waals surface area contributed by atoms with Crippen LogP contribution in [-0.2, 0) is 16.1 Å².